The average Bonchev–Trinajstić information content (AvgIpc) is 3.96. The summed E-state index contributed by atoms with van der Waals surface area (Å²) >= 11 is 3.69. The van der Waals surface area contributed by atoms with Crippen molar-refractivity contribution in [1.82, 2.24) is 19.5 Å². The molecule has 0 spiro atoms. The van der Waals surface area contributed by atoms with Crippen LogP contribution in [0.3, 0.4) is 0 Å². The number of aromatic nitrogens is 4. The maximum atomic E-state index is 5.08. The van der Waals surface area contributed by atoms with Crippen LogP contribution in [0.1, 0.15) is 0 Å². The Morgan fingerprint density at radius 1 is 0.333 bits per heavy atom. The fourth-order valence-corrected chi connectivity index (χ4v) is 10.9. The van der Waals surface area contributed by atoms with Crippen LogP contribution in [0.2, 0.25) is 0 Å². The summed E-state index contributed by atoms with van der Waals surface area (Å²) < 4.78 is 7.40. The predicted molar refractivity (Wildman–Crippen MR) is 242 cm³/mol. The number of thiophene rings is 2. The molecule has 8 aromatic carbocycles. The van der Waals surface area contributed by atoms with E-state index in [1.165, 1.54) is 79.0 Å². The van der Waals surface area contributed by atoms with Crippen LogP contribution in [0, 0.1) is 0 Å². The van der Waals surface area contributed by atoms with Gasteiger partial charge in [-0.05, 0) is 47.5 Å². The first kappa shape index (κ1) is 32.3. The number of hydrogen-bond acceptors (Lipinski definition) is 5. The number of para-hydroxylation sites is 2. The van der Waals surface area contributed by atoms with Crippen molar-refractivity contribution in [3.8, 4) is 51.0 Å². The highest BCUT2D eigenvalue weighted by Gasteiger charge is 2.19. The van der Waals surface area contributed by atoms with Crippen LogP contribution in [0.4, 0.5) is 0 Å². The highest BCUT2D eigenvalue weighted by Crippen LogP contribution is 2.45. The minimum Gasteiger partial charge on any atom is -0.309 e. The van der Waals surface area contributed by atoms with Crippen molar-refractivity contribution >= 4 is 84.8 Å². The molecular formula is C51H30N4S2. The molecule has 0 radical (unpaired) electrons. The third-order valence-corrected chi connectivity index (χ3v) is 13.5. The summed E-state index contributed by atoms with van der Waals surface area (Å²) in [6.45, 7) is 0. The fraction of sp³-hybridized carbons (Fsp3) is 0. The molecule has 0 atom stereocenters. The summed E-state index contributed by atoms with van der Waals surface area (Å²) in [5, 5.41) is 7.57. The molecule has 0 N–H and O–H groups in total. The minimum absolute atomic E-state index is 0.665. The van der Waals surface area contributed by atoms with Gasteiger partial charge in [-0.2, -0.15) is 0 Å². The van der Waals surface area contributed by atoms with Gasteiger partial charge in [0.2, 0.25) is 0 Å². The standard InChI is InChI=1S/C51H30N4S2/c1-3-13-31(14-4-1)49-52-50(32-15-5-2-6-16-32)54-51(53-49)42-22-12-21-41-38-27-25-33(29-45(38)56-48(41)42)35-19-11-20-40-39-28-26-34(30-46(39)57-47(35)40)55-43-23-9-7-17-36(43)37-18-8-10-24-44(37)55/h1-30H. The third-order valence-electron chi connectivity index (χ3n) is 11.1. The predicted octanol–water partition coefficient (Wildman–Crippen LogP) is 14.4. The second-order valence-corrected chi connectivity index (χ2v) is 16.5. The van der Waals surface area contributed by atoms with E-state index >= 15 is 0 Å². The van der Waals surface area contributed by atoms with Crippen LogP contribution >= 0.6 is 22.7 Å². The van der Waals surface area contributed by atoms with E-state index in [0.717, 1.165) is 16.7 Å². The molecule has 0 saturated heterocycles. The van der Waals surface area contributed by atoms with Crippen LogP contribution in [-0.4, -0.2) is 19.5 Å². The Morgan fingerprint density at radius 3 is 1.46 bits per heavy atom. The molecule has 4 aromatic heterocycles. The van der Waals surface area contributed by atoms with E-state index < -0.39 is 0 Å². The topological polar surface area (TPSA) is 43.6 Å². The van der Waals surface area contributed by atoms with Gasteiger partial charge in [0, 0.05) is 73.5 Å². The van der Waals surface area contributed by atoms with Crippen LogP contribution in [-0.2, 0) is 0 Å². The summed E-state index contributed by atoms with van der Waals surface area (Å²) in [6, 6.07) is 64.9. The summed E-state index contributed by atoms with van der Waals surface area (Å²) in [4.78, 5) is 15.1. The van der Waals surface area contributed by atoms with E-state index in [2.05, 4.69) is 150 Å². The molecule has 4 nitrogen and oxygen atoms in total. The maximum absolute atomic E-state index is 5.08. The Hall–Kier alpha value is -6.99. The van der Waals surface area contributed by atoms with Crippen LogP contribution in [0.5, 0.6) is 0 Å². The van der Waals surface area contributed by atoms with Gasteiger partial charge in [-0.15, -0.1) is 22.7 Å². The van der Waals surface area contributed by atoms with Gasteiger partial charge >= 0.3 is 0 Å². The van der Waals surface area contributed by atoms with Crippen molar-refractivity contribution < 1.29 is 0 Å². The zero-order valence-corrected chi connectivity index (χ0v) is 32.1. The Kier molecular flexibility index (Phi) is 7.24. The lowest BCUT2D eigenvalue weighted by Gasteiger charge is -2.09. The monoisotopic (exact) mass is 762 g/mol. The molecule has 0 aliphatic heterocycles. The Morgan fingerprint density at radius 2 is 0.825 bits per heavy atom. The number of hydrogen-bond donors (Lipinski definition) is 0. The van der Waals surface area contributed by atoms with Crippen molar-refractivity contribution in [2.75, 3.05) is 0 Å². The van der Waals surface area contributed by atoms with E-state index in [-0.39, 0.29) is 0 Å². The molecule has 12 aromatic rings. The molecular weight excluding hydrogens is 733 g/mol. The van der Waals surface area contributed by atoms with Crippen molar-refractivity contribution in [1.29, 1.82) is 0 Å². The van der Waals surface area contributed by atoms with Gasteiger partial charge in [-0.3, -0.25) is 0 Å². The van der Waals surface area contributed by atoms with Crippen molar-refractivity contribution in [3.63, 3.8) is 0 Å². The molecule has 0 unspecified atom stereocenters. The van der Waals surface area contributed by atoms with Crippen molar-refractivity contribution in [3.05, 3.63) is 182 Å². The Bertz CT molecular complexity index is 3410. The van der Waals surface area contributed by atoms with Crippen molar-refractivity contribution in [2.45, 2.75) is 0 Å². The second-order valence-electron chi connectivity index (χ2n) is 14.4. The lowest BCUT2D eigenvalue weighted by molar-refractivity contribution is 1.08. The molecule has 57 heavy (non-hydrogen) atoms. The van der Waals surface area contributed by atoms with Crippen LogP contribution < -0.4 is 0 Å². The Labute approximate surface area is 335 Å². The molecule has 0 bridgehead atoms. The van der Waals surface area contributed by atoms with Gasteiger partial charge in [0.15, 0.2) is 17.5 Å². The molecule has 6 heteroatoms. The zero-order chi connectivity index (χ0) is 37.5. The minimum atomic E-state index is 0.665. The number of benzene rings is 8. The zero-order valence-electron chi connectivity index (χ0n) is 30.4. The molecule has 0 aliphatic rings. The van der Waals surface area contributed by atoms with Gasteiger partial charge in [-0.1, -0.05) is 146 Å². The number of nitrogens with zero attached hydrogens (tertiary/aromatic N) is 4. The molecule has 0 amide bonds. The van der Waals surface area contributed by atoms with Gasteiger partial charge in [0.1, 0.15) is 0 Å². The third kappa shape index (κ3) is 5.15. The smallest absolute Gasteiger partial charge is 0.165 e. The number of rotatable bonds is 5. The fourth-order valence-electron chi connectivity index (χ4n) is 8.43. The highest BCUT2D eigenvalue weighted by atomic mass is 32.1. The summed E-state index contributed by atoms with van der Waals surface area (Å²) in [5.41, 5.74) is 9.04. The first-order chi connectivity index (χ1) is 28.2. The SMILES string of the molecule is c1ccc(-c2nc(-c3ccccc3)nc(-c3cccc4c3sc3cc(-c5cccc6c5sc5cc(-n7c8ccccc8c8ccccc87)ccc56)ccc34)n2)cc1. The summed E-state index contributed by atoms with van der Waals surface area (Å²) in [7, 11) is 0. The van der Waals surface area contributed by atoms with Gasteiger partial charge in [-0.25, -0.2) is 15.0 Å². The van der Waals surface area contributed by atoms with Crippen LogP contribution in [0.25, 0.3) is 113 Å². The van der Waals surface area contributed by atoms with Gasteiger partial charge in [0.25, 0.3) is 0 Å². The highest BCUT2D eigenvalue weighted by molar-refractivity contribution is 7.27. The lowest BCUT2D eigenvalue weighted by atomic mass is 10.0. The first-order valence-corrected chi connectivity index (χ1v) is 20.7. The molecule has 0 saturated carbocycles. The van der Waals surface area contributed by atoms with E-state index in [0.29, 0.717) is 17.5 Å². The average molecular weight is 763 g/mol. The Balaban J connectivity index is 0.989. The van der Waals surface area contributed by atoms with Gasteiger partial charge < -0.3 is 4.57 Å². The largest absolute Gasteiger partial charge is 0.309 e. The lowest BCUT2D eigenvalue weighted by Crippen LogP contribution is -2.00. The second kappa shape index (κ2) is 12.8. The first-order valence-electron chi connectivity index (χ1n) is 19.0. The molecule has 0 aliphatic carbocycles. The molecule has 0 fully saturated rings. The van der Waals surface area contributed by atoms with E-state index in [9.17, 15) is 0 Å². The molecule has 266 valence electrons. The van der Waals surface area contributed by atoms with E-state index in [1.54, 1.807) is 0 Å². The van der Waals surface area contributed by atoms with Crippen LogP contribution in [0.15, 0.2) is 182 Å². The molecule has 4 heterocycles. The number of fused-ring (bicyclic) bond motifs is 9. The van der Waals surface area contributed by atoms with E-state index in [1.807, 2.05) is 59.1 Å². The van der Waals surface area contributed by atoms with E-state index in [4.69, 9.17) is 15.0 Å². The van der Waals surface area contributed by atoms with Crippen molar-refractivity contribution in [2.24, 2.45) is 0 Å². The summed E-state index contributed by atoms with van der Waals surface area (Å²) in [5.74, 6) is 2.01. The quantitative estimate of drug-likeness (QED) is 0.175. The summed E-state index contributed by atoms with van der Waals surface area (Å²) in [6.07, 6.45) is 0. The van der Waals surface area contributed by atoms with Gasteiger partial charge in [0.05, 0.1) is 11.0 Å². The maximum Gasteiger partial charge on any atom is 0.165 e. The molecule has 12 rings (SSSR count). The normalized spacial score (nSPS) is 11.9.